The van der Waals surface area contributed by atoms with Gasteiger partial charge in [0.05, 0.1) is 12.6 Å². The fourth-order valence-corrected chi connectivity index (χ4v) is 2.51. The number of nitrogens with zero attached hydrogens (tertiary/aromatic N) is 2. The molecule has 2 aromatic rings. The van der Waals surface area contributed by atoms with Crippen molar-refractivity contribution in [1.82, 2.24) is 14.9 Å². The number of aromatic nitrogens is 2. The average molecular weight is 359 g/mol. The van der Waals surface area contributed by atoms with E-state index < -0.39 is 11.7 Å². The predicted octanol–water partition coefficient (Wildman–Crippen LogP) is 4.28. The molecule has 1 aromatic carbocycles. The first-order chi connectivity index (χ1) is 12.3. The highest BCUT2D eigenvalue weighted by molar-refractivity contribution is 5.68. The molecule has 1 heterocycles. The molecule has 2 rings (SSSR count). The van der Waals surface area contributed by atoms with Crippen LogP contribution in [-0.4, -0.2) is 21.2 Å². The predicted molar refractivity (Wildman–Crippen MR) is 100 cm³/mol. The number of benzene rings is 1. The zero-order valence-electron chi connectivity index (χ0n) is 16.2. The van der Waals surface area contributed by atoms with Crippen LogP contribution in [0.1, 0.15) is 52.0 Å². The molecule has 0 fully saturated rings. The fourth-order valence-electron chi connectivity index (χ4n) is 2.51. The molecule has 142 valence electrons. The molecule has 0 unspecified atom stereocenters. The van der Waals surface area contributed by atoms with E-state index >= 15 is 0 Å². The Balaban J connectivity index is 2.01. The van der Waals surface area contributed by atoms with Crippen molar-refractivity contribution in [2.75, 3.05) is 0 Å². The number of ether oxygens (including phenoxy) is 2. The van der Waals surface area contributed by atoms with Crippen molar-refractivity contribution in [3.8, 4) is 0 Å². The largest absolute Gasteiger partial charge is 0.444 e. The van der Waals surface area contributed by atoms with Crippen molar-refractivity contribution >= 4 is 6.09 Å². The van der Waals surface area contributed by atoms with Crippen LogP contribution in [0.2, 0.25) is 0 Å². The summed E-state index contributed by atoms with van der Waals surface area (Å²) in [6, 6.07) is 9.74. The number of hydrogen-bond acceptors (Lipinski definition) is 4. The van der Waals surface area contributed by atoms with Crippen molar-refractivity contribution in [1.29, 1.82) is 0 Å². The van der Waals surface area contributed by atoms with E-state index in [4.69, 9.17) is 9.47 Å². The number of amides is 1. The molecule has 0 bridgehead atoms. The maximum atomic E-state index is 12.2. The van der Waals surface area contributed by atoms with Gasteiger partial charge >= 0.3 is 6.09 Å². The Kier molecular flexibility index (Phi) is 6.80. The lowest BCUT2D eigenvalue weighted by Gasteiger charge is -2.26. The molecular formula is C20H29N3O3. The first kappa shape index (κ1) is 20.0. The van der Waals surface area contributed by atoms with E-state index in [-0.39, 0.29) is 12.0 Å². The highest BCUT2D eigenvalue weighted by Crippen LogP contribution is 2.21. The third-order valence-electron chi connectivity index (χ3n) is 3.71. The second-order valence-electron chi connectivity index (χ2n) is 7.59. The summed E-state index contributed by atoms with van der Waals surface area (Å²) in [5, 5.41) is 2.92. The zero-order chi connectivity index (χ0) is 19.2. The van der Waals surface area contributed by atoms with Gasteiger partial charge in [-0.3, -0.25) is 0 Å². The normalized spacial score (nSPS) is 12.8. The molecule has 1 atom stereocenters. The molecule has 26 heavy (non-hydrogen) atoms. The van der Waals surface area contributed by atoms with Gasteiger partial charge in [-0.15, -0.1) is 0 Å². The molecule has 0 radical (unpaired) electrons. The van der Waals surface area contributed by atoms with Crippen molar-refractivity contribution in [3.05, 3.63) is 54.1 Å². The van der Waals surface area contributed by atoms with Crippen molar-refractivity contribution in [2.24, 2.45) is 5.92 Å². The van der Waals surface area contributed by atoms with E-state index in [1.807, 2.05) is 75.7 Å². The number of nitrogens with one attached hydrogen (secondary N) is 1. The second-order valence-corrected chi connectivity index (χ2v) is 7.59. The summed E-state index contributed by atoms with van der Waals surface area (Å²) in [5.74, 6) is 0.900. The fraction of sp³-hybridized carbons (Fsp3) is 0.500. The van der Waals surface area contributed by atoms with Crippen LogP contribution in [0.4, 0.5) is 4.79 Å². The number of carbonyl (C=O) groups is 1. The van der Waals surface area contributed by atoms with Gasteiger partial charge in [0.1, 0.15) is 18.2 Å². The molecule has 1 aromatic heterocycles. The summed E-state index contributed by atoms with van der Waals surface area (Å²) in [5.41, 5.74) is 0.571. The smallest absolute Gasteiger partial charge is 0.408 e. The summed E-state index contributed by atoms with van der Waals surface area (Å²) < 4.78 is 13.1. The molecule has 0 aliphatic rings. The van der Waals surface area contributed by atoms with Gasteiger partial charge in [-0.05, 0) is 32.3 Å². The number of carbonyl (C=O) groups excluding carboxylic acids is 1. The van der Waals surface area contributed by atoms with E-state index in [0.717, 1.165) is 11.4 Å². The highest BCUT2D eigenvalue weighted by atomic mass is 16.6. The number of alkyl carbamates (subject to hydrolysis) is 1. The van der Waals surface area contributed by atoms with E-state index in [0.29, 0.717) is 13.3 Å². The quantitative estimate of drug-likeness (QED) is 0.801. The number of hydrogen-bond donors (Lipinski definition) is 1. The Morgan fingerprint density at radius 3 is 2.54 bits per heavy atom. The summed E-state index contributed by atoms with van der Waals surface area (Å²) >= 11 is 0. The zero-order valence-corrected chi connectivity index (χ0v) is 16.2. The van der Waals surface area contributed by atoms with Gasteiger partial charge in [0.25, 0.3) is 0 Å². The van der Waals surface area contributed by atoms with Crippen LogP contribution in [0.25, 0.3) is 0 Å². The Hall–Kier alpha value is -2.34. The summed E-state index contributed by atoms with van der Waals surface area (Å²) in [4.78, 5) is 16.6. The topological polar surface area (TPSA) is 65.4 Å². The SMILES string of the molecule is CC(C)[C@H](NC(=O)OC(C)(C)C)c1nccn1COCc1ccccc1. The summed E-state index contributed by atoms with van der Waals surface area (Å²) in [7, 11) is 0. The van der Waals surface area contributed by atoms with Crippen LogP contribution in [0.3, 0.4) is 0 Å². The maximum absolute atomic E-state index is 12.2. The minimum atomic E-state index is -0.542. The Bertz CT molecular complexity index is 690. The third kappa shape index (κ3) is 6.19. The molecule has 0 spiro atoms. The van der Waals surface area contributed by atoms with Gasteiger partial charge in [0.15, 0.2) is 0 Å². The van der Waals surface area contributed by atoms with Gasteiger partial charge in [-0.1, -0.05) is 44.2 Å². The van der Waals surface area contributed by atoms with E-state index in [1.165, 1.54) is 0 Å². The minimum Gasteiger partial charge on any atom is -0.444 e. The molecule has 6 nitrogen and oxygen atoms in total. The van der Waals surface area contributed by atoms with E-state index in [9.17, 15) is 4.79 Å². The third-order valence-corrected chi connectivity index (χ3v) is 3.71. The number of rotatable bonds is 7. The molecule has 6 heteroatoms. The summed E-state index contributed by atoms with van der Waals surface area (Å²) in [6.45, 7) is 10.5. The van der Waals surface area contributed by atoms with Gasteiger partial charge < -0.3 is 19.4 Å². The first-order valence-corrected chi connectivity index (χ1v) is 8.88. The lowest BCUT2D eigenvalue weighted by atomic mass is 10.0. The van der Waals surface area contributed by atoms with Crippen LogP contribution in [0, 0.1) is 5.92 Å². The van der Waals surface area contributed by atoms with Crippen LogP contribution in [-0.2, 0) is 22.8 Å². The van der Waals surface area contributed by atoms with Crippen LogP contribution >= 0.6 is 0 Å². The van der Waals surface area contributed by atoms with Gasteiger partial charge in [0, 0.05) is 12.4 Å². The molecule has 0 aliphatic heterocycles. The molecular weight excluding hydrogens is 330 g/mol. The molecule has 0 saturated carbocycles. The monoisotopic (exact) mass is 359 g/mol. The maximum Gasteiger partial charge on any atom is 0.408 e. The van der Waals surface area contributed by atoms with Gasteiger partial charge in [-0.25, -0.2) is 9.78 Å². The van der Waals surface area contributed by atoms with E-state index in [2.05, 4.69) is 10.3 Å². The lowest BCUT2D eigenvalue weighted by Crippen LogP contribution is -2.38. The number of imidazole rings is 1. The van der Waals surface area contributed by atoms with Crippen LogP contribution < -0.4 is 5.32 Å². The van der Waals surface area contributed by atoms with E-state index in [1.54, 1.807) is 6.20 Å². The van der Waals surface area contributed by atoms with Crippen LogP contribution in [0.5, 0.6) is 0 Å². The molecule has 0 aliphatic carbocycles. The highest BCUT2D eigenvalue weighted by Gasteiger charge is 2.25. The Morgan fingerprint density at radius 1 is 1.23 bits per heavy atom. The summed E-state index contributed by atoms with van der Waals surface area (Å²) in [6.07, 6.45) is 3.12. The minimum absolute atomic E-state index is 0.151. The Morgan fingerprint density at radius 2 is 1.92 bits per heavy atom. The standard InChI is InChI=1S/C20H29N3O3/c1-15(2)17(22-19(24)26-20(3,4)5)18-21-11-12-23(18)14-25-13-16-9-7-6-8-10-16/h6-12,15,17H,13-14H2,1-5H3,(H,22,24)/t17-/m0/s1. The Labute approximate surface area is 155 Å². The van der Waals surface area contributed by atoms with Gasteiger partial charge in [-0.2, -0.15) is 0 Å². The molecule has 0 saturated heterocycles. The van der Waals surface area contributed by atoms with Crippen LogP contribution in [0.15, 0.2) is 42.7 Å². The van der Waals surface area contributed by atoms with Crippen molar-refractivity contribution in [3.63, 3.8) is 0 Å². The first-order valence-electron chi connectivity index (χ1n) is 8.88. The lowest BCUT2D eigenvalue weighted by molar-refractivity contribution is 0.0459. The molecule has 1 N–H and O–H groups in total. The van der Waals surface area contributed by atoms with Gasteiger partial charge in [0.2, 0.25) is 0 Å². The van der Waals surface area contributed by atoms with Crippen molar-refractivity contribution in [2.45, 2.75) is 59.6 Å². The average Bonchev–Trinajstić information content (AvgIpc) is 3.00. The second kappa shape index (κ2) is 8.85. The van der Waals surface area contributed by atoms with Crippen molar-refractivity contribution < 1.29 is 14.3 Å². The molecule has 1 amide bonds.